The van der Waals surface area contributed by atoms with E-state index in [0.29, 0.717) is 0 Å². The van der Waals surface area contributed by atoms with Crippen LogP contribution in [0.3, 0.4) is 0 Å². The third-order valence-corrected chi connectivity index (χ3v) is 10.6. The Morgan fingerprint density at radius 1 is 0.935 bits per heavy atom. The topological polar surface area (TPSA) is 3.24 Å². The highest BCUT2D eigenvalue weighted by Crippen LogP contribution is 2.57. The third kappa shape index (κ3) is 4.38. The number of hydrogen-bond donors (Lipinski definition) is 0. The highest BCUT2D eigenvalue weighted by molar-refractivity contribution is 5.90. The molecule has 0 saturated carbocycles. The molecule has 1 heterocycles. The van der Waals surface area contributed by atoms with Gasteiger partial charge in [-0.25, -0.2) is 0 Å². The lowest BCUT2D eigenvalue weighted by molar-refractivity contribution is 0.551. The summed E-state index contributed by atoms with van der Waals surface area (Å²) >= 11 is 0. The summed E-state index contributed by atoms with van der Waals surface area (Å²) in [5, 5.41) is 0. The molecule has 0 radical (unpaired) electrons. The van der Waals surface area contributed by atoms with Crippen LogP contribution in [0.5, 0.6) is 0 Å². The molecule has 0 bridgehead atoms. The molecule has 0 amide bonds. The molecule has 0 aromatic heterocycles. The molecule has 46 heavy (non-hydrogen) atoms. The molecule has 0 saturated heterocycles. The first-order chi connectivity index (χ1) is 22.6. The van der Waals surface area contributed by atoms with Crippen LogP contribution in [-0.4, -0.2) is 0 Å². The van der Waals surface area contributed by atoms with Gasteiger partial charge in [-0.2, -0.15) is 0 Å². The first kappa shape index (κ1) is 28.4. The van der Waals surface area contributed by atoms with Crippen LogP contribution in [-0.2, 0) is 11.8 Å². The molecule has 1 nitrogen and oxygen atoms in total. The van der Waals surface area contributed by atoms with E-state index in [0.717, 1.165) is 24.8 Å². The molecule has 0 spiro atoms. The summed E-state index contributed by atoms with van der Waals surface area (Å²) in [5.74, 6) is 0. The molecule has 2 atom stereocenters. The zero-order valence-corrected chi connectivity index (χ0v) is 26.9. The van der Waals surface area contributed by atoms with Gasteiger partial charge < -0.3 is 4.90 Å². The summed E-state index contributed by atoms with van der Waals surface area (Å²) in [6.07, 6.45) is 22.5. The van der Waals surface area contributed by atoms with Gasteiger partial charge in [0.05, 0.1) is 6.04 Å². The van der Waals surface area contributed by atoms with Gasteiger partial charge >= 0.3 is 0 Å². The number of fused-ring (bicyclic) bond motifs is 4. The Hall–Kier alpha value is -5.10. The van der Waals surface area contributed by atoms with E-state index in [9.17, 15) is 0 Å². The summed E-state index contributed by atoms with van der Waals surface area (Å²) in [5.41, 5.74) is 21.0. The number of benzene rings is 4. The monoisotopic (exact) mass is 593 g/mol. The van der Waals surface area contributed by atoms with Crippen molar-refractivity contribution in [1.29, 1.82) is 0 Å². The predicted octanol–water partition coefficient (Wildman–Crippen LogP) is 11.7. The molecule has 3 aliphatic carbocycles. The number of hydrogen-bond acceptors (Lipinski definition) is 1. The van der Waals surface area contributed by atoms with Crippen LogP contribution in [0.2, 0.25) is 0 Å². The number of anilines is 2. The van der Waals surface area contributed by atoms with Gasteiger partial charge in [0, 0.05) is 34.3 Å². The van der Waals surface area contributed by atoms with Gasteiger partial charge in [-0.1, -0.05) is 129 Å². The van der Waals surface area contributed by atoms with Crippen molar-refractivity contribution >= 4 is 16.9 Å². The summed E-state index contributed by atoms with van der Waals surface area (Å²) in [4.78, 5) is 2.57. The van der Waals surface area contributed by atoms with Gasteiger partial charge in [0.15, 0.2) is 0 Å². The maximum atomic E-state index is 3.49. The van der Waals surface area contributed by atoms with Gasteiger partial charge in [-0.3, -0.25) is 0 Å². The average molecular weight is 594 g/mol. The van der Waals surface area contributed by atoms with Crippen LogP contribution in [0.15, 0.2) is 156 Å². The fourth-order valence-corrected chi connectivity index (χ4v) is 7.96. The zero-order valence-electron chi connectivity index (χ0n) is 26.9. The minimum absolute atomic E-state index is 0.105. The Labute approximate surface area is 273 Å². The van der Waals surface area contributed by atoms with Crippen LogP contribution in [0.1, 0.15) is 73.0 Å². The molecule has 4 aromatic rings. The Morgan fingerprint density at radius 2 is 1.76 bits per heavy atom. The first-order valence-electron chi connectivity index (χ1n) is 16.7. The second kappa shape index (κ2) is 11.4. The Kier molecular flexibility index (Phi) is 7.01. The summed E-state index contributed by atoms with van der Waals surface area (Å²) in [7, 11) is 0. The van der Waals surface area contributed by atoms with E-state index in [2.05, 4.69) is 165 Å². The first-order valence-corrected chi connectivity index (χ1v) is 16.7. The summed E-state index contributed by atoms with van der Waals surface area (Å²) in [6, 6.07) is 32.4. The molecule has 8 rings (SSSR count). The molecular weight excluding hydrogens is 555 g/mol. The smallest absolute Gasteiger partial charge is 0.0877 e. The Bertz CT molecular complexity index is 2090. The van der Waals surface area contributed by atoms with Crippen LogP contribution in [0.4, 0.5) is 11.4 Å². The molecule has 0 N–H and O–H groups in total. The zero-order chi connectivity index (χ0) is 31.3. The van der Waals surface area contributed by atoms with Gasteiger partial charge in [0.25, 0.3) is 0 Å². The molecule has 1 aliphatic heterocycles. The van der Waals surface area contributed by atoms with Gasteiger partial charge in [-0.05, 0) is 94.1 Å². The summed E-state index contributed by atoms with van der Waals surface area (Å²) in [6.45, 7) is 6.85. The van der Waals surface area contributed by atoms with E-state index in [1.807, 2.05) is 6.08 Å². The normalized spacial score (nSPS) is 18.7. The molecule has 0 fully saturated rings. The Balaban J connectivity index is 1.23. The van der Waals surface area contributed by atoms with Crippen molar-refractivity contribution in [1.82, 2.24) is 0 Å². The van der Waals surface area contributed by atoms with Crippen molar-refractivity contribution in [3.05, 3.63) is 190 Å². The van der Waals surface area contributed by atoms with Crippen LogP contribution in [0.25, 0.3) is 16.7 Å². The highest BCUT2D eigenvalue weighted by Gasteiger charge is 2.41. The molecule has 4 aromatic carbocycles. The largest absolute Gasteiger partial charge is 0.329 e. The van der Waals surface area contributed by atoms with Gasteiger partial charge in [0.2, 0.25) is 0 Å². The molecule has 1 heteroatoms. The van der Waals surface area contributed by atoms with E-state index >= 15 is 0 Å². The summed E-state index contributed by atoms with van der Waals surface area (Å²) < 4.78 is 0. The van der Waals surface area contributed by atoms with E-state index < -0.39 is 0 Å². The van der Waals surface area contributed by atoms with Crippen molar-refractivity contribution in [2.75, 3.05) is 4.90 Å². The van der Waals surface area contributed by atoms with Crippen molar-refractivity contribution in [3.63, 3.8) is 0 Å². The van der Waals surface area contributed by atoms with Crippen LogP contribution in [0, 0.1) is 0 Å². The fourth-order valence-electron chi connectivity index (χ4n) is 7.96. The second-order valence-electron chi connectivity index (χ2n) is 13.0. The standard InChI is InChI=1S/C45H39N/c1-4-6-20-36(33-17-9-10-18-33)44-38-21-11-12-24-41(38)46(44)42-25-14-22-37-39(42)30-34-19-13-23-40(43(34)37)45(3,5-2)35-28-26-32(27-29-35)31-15-7-8-16-31/h4,6-15,17,19-29,44H,5,16,30H2,1-3H3/b6-4-,36-20-. The van der Waals surface area contributed by atoms with Crippen molar-refractivity contribution in [2.45, 2.75) is 51.5 Å². The minimum atomic E-state index is -0.105. The lowest BCUT2D eigenvalue weighted by atomic mass is 9.71. The van der Waals surface area contributed by atoms with E-state index in [1.165, 1.54) is 67.0 Å². The van der Waals surface area contributed by atoms with Gasteiger partial charge in [-0.15, -0.1) is 5.73 Å². The lowest BCUT2D eigenvalue weighted by Gasteiger charge is -2.46. The predicted molar refractivity (Wildman–Crippen MR) is 195 cm³/mol. The minimum Gasteiger partial charge on any atom is -0.329 e. The maximum Gasteiger partial charge on any atom is 0.0877 e. The quantitative estimate of drug-likeness (QED) is 0.128. The molecule has 2 unspecified atom stereocenters. The SMILES string of the molecule is C/C=C\C=C(\C1=C=CC=C1)C1c2ccccc2N1c1cccc2c1Cc1cccc(C(C)(CC)c3ccc(C4=CC=CC4)cc3)c1-2. The van der Waals surface area contributed by atoms with E-state index in [1.54, 1.807) is 0 Å². The number of para-hydroxylation sites is 1. The number of nitrogens with zero attached hydrogens (tertiary/aromatic N) is 1. The fraction of sp³-hybridized carbons (Fsp3) is 0.178. The number of allylic oxidation sites excluding steroid dienone is 9. The average Bonchev–Trinajstić information content (AvgIpc) is 3.89. The molecule has 224 valence electrons. The Morgan fingerprint density at radius 3 is 2.52 bits per heavy atom. The van der Waals surface area contributed by atoms with Crippen LogP contribution < -0.4 is 4.90 Å². The van der Waals surface area contributed by atoms with Crippen molar-refractivity contribution < 1.29 is 0 Å². The van der Waals surface area contributed by atoms with E-state index in [-0.39, 0.29) is 11.5 Å². The lowest BCUT2D eigenvalue weighted by Crippen LogP contribution is -2.36. The van der Waals surface area contributed by atoms with Crippen LogP contribution >= 0.6 is 0 Å². The molecular formula is C45H39N. The van der Waals surface area contributed by atoms with Gasteiger partial charge in [0.1, 0.15) is 0 Å². The molecule has 4 aliphatic rings. The van der Waals surface area contributed by atoms with E-state index in [4.69, 9.17) is 0 Å². The second-order valence-corrected chi connectivity index (χ2v) is 13.0. The maximum absolute atomic E-state index is 3.49. The van der Waals surface area contributed by atoms with Crippen molar-refractivity contribution in [3.8, 4) is 11.1 Å². The highest BCUT2D eigenvalue weighted by atomic mass is 15.2. The third-order valence-electron chi connectivity index (χ3n) is 10.6. The van der Waals surface area contributed by atoms with Crippen molar-refractivity contribution in [2.24, 2.45) is 0 Å². The number of rotatable bonds is 8.